The highest BCUT2D eigenvalue weighted by Crippen LogP contribution is 2.27. The second-order valence-corrected chi connectivity index (χ2v) is 9.01. The number of para-hydroxylation sites is 1. The van der Waals surface area contributed by atoms with Crippen LogP contribution in [0.25, 0.3) is 28.8 Å². The number of fused-ring (bicyclic) bond motifs is 2. The van der Waals surface area contributed by atoms with Gasteiger partial charge in [-0.25, -0.2) is 4.98 Å². The maximum atomic E-state index is 10.4. The molecule has 35 heavy (non-hydrogen) atoms. The third-order valence-corrected chi connectivity index (χ3v) is 6.63. The molecule has 2 aromatic heterocycles. The third kappa shape index (κ3) is 4.22. The summed E-state index contributed by atoms with van der Waals surface area (Å²) < 4.78 is 0. The number of rotatable bonds is 4. The Morgan fingerprint density at radius 2 is 1.80 bits per heavy atom. The molecule has 7 heteroatoms. The summed E-state index contributed by atoms with van der Waals surface area (Å²) in [5.41, 5.74) is 4.35. The topological polar surface area (TPSA) is 80.1 Å². The van der Waals surface area contributed by atoms with Crippen LogP contribution in [0, 0.1) is 0 Å². The van der Waals surface area contributed by atoms with Gasteiger partial charge in [-0.1, -0.05) is 30.3 Å². The molecule has 2 N–H and O–H groups in total. The number of pyridine rings is 1. The molecular weight excluding hydrogens is 436 g/mol. The smallest absolute Gasteiger partial charge is 0.196 e. The number of hydrogen-bond donors (Lipinski definition) is 2. The zero-order valence-electron chi connectivity index (χ0n) is 19.5. The van der Waals surface area contributed by atoms with Gasteiger partial charge < -0.3 is 19.9 Å². The first kappa shape index (κ1) is 21.3. The molecule has 2 aliphatic rings. The highest BCUT2D eigenvalue weighted by atomic mass is 16.3. The van der Waals surface area contributed by atoms with E-state index in [1.807, 2.05) is 66.9 Å². The number of hydrogen-bond acceptors (Lipinski definition) is 6. The molecule has 0 aliphatic carbocycles. The van der Waals surface area contributed by atoms with Gasteiger partial charge in [0, 0.05) is 54.1 Å². The van der Waals surface area contributed by atoms with Crippen LogP contribution in [0.3, 0.4) is 0 Å². The van der Waals surface area contributed by atoms with E-state index in [2.05, 4.69) is 49.2 Å². The summed E-state index contributed by atoms with van der Waals surface area (Å²) >= 11 is 0. The summed E-state index contributed by atoms with van der Waals surface area (Å²) in [6.07, 6.45) is 7.87. The molecule has 0 unspecified atom stereocenters. The summed E-state index contributed by atoms with van der Waals surface area (Å²) in [7, 11) is 2.16. The number of benzene rings is 2. The SMILES string of the molecule is CN1CCN(c2ccc(/C=C/C3=c4ccc(=Cc5c(O)[nH]c6ccccc56)cc4N=N3)cn2)CC1. The Bertz CT molecular complexity index is 1570. The average Bonchev–Trinajstić information content (AvgIpc) is 3.43. The molecule has 0 atom stereocenters. The third-order valence-electron chi connectivity index (χ3n) is 6.63. The maximum Gasteiger partial charge on any atom is 0.196 e. The molecule has 6 rings (SSSR count). The Balaban J connectivity index is 1.24. The lowest BCUT2D eigenvalue weighted by molar-refractivity contribution is 0.312. The summed E-state index contributed by atoms with van der Waals surface area (Å²) in [5.74, 6) is 1.19. The van der Waals surface area contributed by atoms with Crippen molar-refractivity contribution in [1.82, 2.24) is 14.9 Å². The molecule has 0 bridgehead atoms. The second kappa shape index (κ2) is 8.85. The fraction of sp³-hybridized carbons (Fsp3) is 0.179. The van der Waals surface area contributed by atoms with Crippen LogP contribution in [-0.4, -0.2) is 53.2 Å². The Labute approximate surface area is 203 Å². The van der Waals surface area contributed by atoms with Gasteiger partial charge in [-0.2, -0.15) is 0 Å². The molecule has 2 aromatic carbocycles. The van der Waals surface area contributed by atoms with Crippen LogP contribution in [0.15, 0.2) is 77.1 Å². The van der Waals surface area contributed by atoms with Gasteiger partial charge in [-0.15, -0.1) is 10.2 Å². The van der Waals surface area contributed by atoms with E-state index in [-0.39, 0.29) is 5.88 Å². The summed E-state index contributed by atoms with van der Waals surface area (Å²) in [6, 6.07) is 18.1. The minimum Gasteiger partial charge on any atom is -0.494 e. The van der Waals surface area contributed by atoms with E-state index in [9.17, 15) is 5.11 Å². The largest absolute Gasteiger partial charge is 0.494 e. The lowest BCUT2D eigenvalue weighted by Gasteiger charge is -2.33. The van der Waals surface area contributed by atoms with Gasteiger partial charge in [-0.05, 0) is 60.3 Å². The predicted octanol–water partition coefficient (Wildman–Crippen LogP) is 3.77. The van der Waals surface area contributed by atoms with E-state index in [4.69, 9.17) is 0 Å². The molecular formula is C28H26N6O. The number of H-pyrrole nitrogens is 1. The fourth-order valence-electron chi connectivity index (χ4n) is 4.58. The Kier molecular flexibility index (Phi) is 5.39. The van der Waals surface area contributed by atoms with Gasteiger partial charge in [0.1, 0.15) is 5.82 Å². The van der Waals surface area contributed by atoms with Crippen molar-refractivity contribution >= 4 is 40.3 Å². The lowest BCUT2D eigenvalue weighted by atomic mass is 10.1. The van der Waals surface area contributed by atoms with E-state index < -0.39 is 0 Å². The number of aromatic nitrogens is 2. The van der Waals surface area contributed by atoms with Crippen LogP contribution < -0.4 is 15.3 Å². The summed E-state index contributed by atoms with van der Waals surface area (Å²) in [5, 5.41) is 22.0. The molecule has 2 aliphatic heterocycles. The molecule has 7 nitrogen and oxygen atoms in total. The Morgan fingerprint density at radius 1 is 0.943 bits per heavy atom. The van der Waals surface area contributed by atoms with E-state index in [0.29, 0.717) is 0 Å². The Morgan fingerprint density at radius 3 is 2.63 bits per heavy atom. The van der Waals surface area contributed by atoms with Crippen molar-refractivity contribution in [1.29, 1.82) is 0 Å². The minimum absolute atomic E-state index is 0.163. The van der Waals surface area contributed by atoms with Gasteiger partial charge in [-0.3, -0.25) is 0 Å². The van der Waals surface area contributed by atoms with Crippen molar-refractivity contribution in [3.63, 3.8) is 0 Å². The first-order chi connectivity index (χ1) is 17.1. The highest BCUT2D eigenvalue weighted by molar-refractivity contribution is 5.91. The molecule has 0 radical (unpaired) electrons. The predicted molar refractivity (Wildman–Crippen MR) is 140 cm³/mol. The molecule has 0 spiro atoms. The summed E-state index contributed by atoms with van der Waals surface area (Å²) in [6.45, 7) is 4.14. The van der Waals surface area contributed by atoms with Crippen LogP contribution >= 0.6 is 0 Å². The standard InChI is InChI=1S/C28H26N6O/c1-33-12-14-34(15-13-33)27-11-8-19(18-29-27)7-10-25-22-9-6-20(17-26(22)32-31-25)16-23-21-4-2-3-5-24(21)30-28(23)35/h2-11,16-18,30,35H,12-15H2,1H3/b10-7+,20-16?. The zero-order chi connectivity index (χ0) is 23.8. The van der Waals surface area contributed by atoms with Crippen LogP contribution in [0.5, 0.6) is 5.88 Å². The number of aromatic hydroxyl groups is 1. The molecule has 0 amide bonds. The summed E-state index contributed by atoms with van der Waals surface area (Å²) in [4.78, 5) is 12.3. The van der Waals surface area contributed by atoms with Gasteiger partial charge >= 0.3 is 0 Å². The number of aromatic amines is 1. The van der Waals surface area contributed by atoms with E-state index in [1.165, 1.54) is 0 Å². The fourth-order valence-corrected chi connectivity index (χ4v) is 4.58. The van der Waals surface area contributed by atoms with Crippen molar-refractivity contribution in [2.75, 3.05) is 38.1 Å². The zero-order valence-corrected chi connectivity index (χ0v) is 19.5. The van der Waals surface area contributed by atoms with Gasteiger partial charge in [0.15, 0.2) is 5.88 Å². The number of piperazine rings is 1. The van der Waals surface area contributed by atoms with Crippen molar-refractivity contribution in [3.8, 4) is 5.88 Å². The van der Waals surface area contributed by atoms with E-state index in [1.54, 1.807) is 0 Å². The quantitative estimate of drug-likeness (QED) is 0.484. The van der Waals surface area contributed by atoms with Crippen LogP contribution in [-0.2, 0) is 0 Å². The van der Waals surface area contributed by atoms with Crippen molar-refractivity contribution in [3.05, 3.63) is 88.4 Å². The second-order valence-electron chi connectivity index (χ2n) is 9.01. The van der Waals surface area contributed by atoms with Crippen LogP contribution in [0.1, 0.15) is 11.1 Å². The average molecular weight is 463 g/mol. The molecule has 4 heterocycles. The van der Waals surface area contributed by atoms with Gasteiger partial charge in [0.25, 0.3) is 0 Å². The van der Waals surface area contributed by atoms with Gasteiger partial charge in [0.05, 0.1) is 11.4 Å². The number of anilines is 1. The van der Waals surface area contributed by atoms with E-state index >= 15 is 0 Å². The van der Waals surface area contributed by atoms with Crippen molar-refractivity contribution < 1.29 is 5.11 Å². The van der Waals surface area contributed by atoms with Gasteiger partial charge in [0.2, 0.25) is 0 Å². The number of azo groups is 1. The number of nitrogens with one attached hydrogen (secondary N) is 1. The Hall–Kier alpha value is -4.23. The lowest BCUT2D eigenvalue weighted by Crippen LogP contribution is -2.44. The first-order valence-corrected chi connectivity index (χ1v) is 11.8. The van der Waals surface area contributed by atoms with Crippen LogP contribution in [0.4, 0.5) is 11.5 Å². The minimum atomic E-state index is 0.163. The molecule has 174 valence electrons. The maximum absolute atomic E-state index is 10.4. The molecule has 0 saturated carbocycles. The molecule has 4 aromatic rings. The number of likely N-dealkylation sites (N-methyl/N-ethyl adjacent to an activating group) is 1. The van der Waals surface area contributed by atoms with Crippen LogP contribution in [0.2, 0.25) is 0 Å². The first-order valence-electron chi connectivity index (χ1n) is 11.8. The monoisotopic (exact) mass is 462 g/mol. The highest BCUT2D eigenvalue weighted by Gasteiger charge is 2.15. The number of nitrogens with zero attached hydrogens (tertiary/aromatic N) is 5. The van der Waals surface area contributed by atoms with Crippen molar-refractivity contribution in [2.45, 2.75) is 0 Å². The normalized spacial score (nSPS) is 16.7. The molecule has 1 fully saturated rings. The van der Waals surface area contributed by atoms with E-state index in [0.717, 1.165) is 75.8 Å². The van der Waals surface area contributed by atoms with Crippen molar-refractivity contribution in [2.24, 2.45) is 10.2 Å². The molecule has 1 saturated heterocycles.